The summed E-state index contributed by atoms with van der Waals surface area (Å²) in [5.41, 5.74) is 9.80. The molecule has 0 aliphatic carbocycles. The normalized spacial score (nSPS) is 9.24. The molecule has 1 heterocycles. The zero-order chi connectivity index (χ0) is 21.6. The summed E-state index contributed by atoms with van der Waals surface area (Å²) in [6, 6.07) is 17.6. The number of pyridine rings is 1. The second kappa shape index (κ2) is 13.4. The lowest BCUT2D eigenvalue weighted by Crippen LogP contribution is -2.27. The van der Waals surface area contributed by atoms with Crippen LogP contribution in [-0.4, -0.2) is 21.3 Å². The van der Waals surface area contributed by atoms with Crippen LogP contribution in [0.4, 0.5) is 5.69 Å². The first-order valence-electron chi connectivity index (χ1n) is 9.01. The smallest absolute Gasteiger partial charge is 0.195 e. The van der Waals surface area contributed by atoms with Crippen molar-refractivity contribution in [1.82, 2.24) is 9.99 Å². The van der Waals surface area contributed by atoms with Crippen molar-refractivity contribution in [3.8, 4) is 0 Å². The van der Waals surface area contributed by atoms with Gasteiger partial charge in [-0.15, -0.1) is 0 Å². The summed E-state index contributed by atoms with van der Waals surface area (Å²) in [5.74, 6) is 5.36. The SMILES string of the molecule is CC.NN(C=S)Cc1cccnc1.Nc1ccccc1C(=O)c1ccc(Cl)cc1. The van der Waals surface area contributed by atoms with Gasteiger partial charge in [0.1, 0.15) is 0 Å². The molecule has 3 rings (SSSR count). The number of nitrogens with zero attached hydrogens (tertiary/aromatic N) is 2. The number of hydrogen-bond donors (Lipinski definition) is 2. The average molecular weight is 429 g/mol. The van der Waals surface area contributed by atoms with Gasteiger partial charge in [0.25, 0.3) is 0 Å². The lowest BCUT2D eigenvalue weighted by Gasteiger charge is -2.10. The standard InChI is InChI=1S/C13H10ClNO.C7H9N3S.C2H6/c14-10-7-5-9(6-8-10)13(16)11-3-1-2-4-12(11)15;8-10(6-11)5-7-2-1-3-9-4-7;1-2/h1-8H,15H2;1-4,6H,5,8H2;1-2H3. The summed E-state index contributed by atoms with van der Waals surface area (Å²) >= 11 is 10.4. The Morgan fingerprint density at radius 3 is 2.31 bits per heavy atom. The van der Waals surface area contributed by atoms with Gasteiger partial charge in [-0.1, -0.05) is 55.9 Å². The molecule has 0 aliphatic rings. The lowest BCUT2D eigenvalue weighted by atomic mass is 10.0. The number of rotatable bonds is 5. The van der Waals surface area contributed by atoms with Gasteiger partial charge in [0, 0.05) is 34.2 Å². The molecular weight excluding hydrogens is 404 g/mol. The van der Waals surface area contributed by atoms with Gasteiger partial charge in [-0.05, 0) is 48.0 Å². The van der Waals surface area contributed by atoms with Crippen LogP contribution in [0.25, 0.3) is 0 Å². The Kier molecular flexibility index (Phi) is 11.2. The molecule has 2 aromatic carbocycles. The van der Waals surface area contributed by atoms with Gasteiger partial charge in [-0.3, -0.25) is 9.78 Å². The summed E-state index contributed by atoms with van der Waals surface area (Å²) in [6.07, 6.45) is 3.49. The van der Waals surface area contributed by atoms with Crippen LogP contribution in [0, 0.1) is 0 Å². The third kappa shape index (κ3) is 8.39. The van der Waals surface area contributed by atoms with Gasteiger partial charge in [0.05, 0.1) is 12.0 Å². The molecule has 7 heteroatoms. The van der Waals surface area contributed by atoms with E-state index in [-0.39, 0.29) is 5.78 Å². The number of anilines is 1. The van der Waals surface area contributed by atoms with Gasteiger partial charge in [-0.2, -0.15) is 0 Å². The number of carbonyl (C=O) groups is 1. The lowest BCUT2D eigenvalue weighted by molar-refractivity contribution is 0.103. The Labute approximate surface area is 182 Å². The van der Waals surface area contributed by atoms with E-state index in [0.717, 1.165) is 5.56 Å². The number of hydrazine groups is 1. The number of aromatic nitrogens is 1. The molecule has 4 N–H and O–H groups in total. The molecule has 5 nitrogen and oxygen atoms in total. The third-order valence-electron chi connectivity index (χ3n) is 3.54. The molecule has 0 radical (unpaired) electrons. The van der Waals surface area contributed by atoms with E-state index in [0.29, 0.717) is 28.4 Å². The molecule has 152 valence electrons. The minimum atomic E-state index is -0.0882. The van der Waals surface area contributed by atoms with E-state index in [9.17, 15) is 4.79 Å². The first-order chi connectivity index (χ1) is 14.0. The molecule has 0 aliphatic heterocycles. The second-order valence-electron chi connectivity index (χ2n) is 5.56. The Morgan fingerprint density at radius 2 is 1.76 bits per heavy atom. The van der Waals surface area contributed by atoms with E-state index in [4.69, 9.17) is 23.2 Å². The van der Waals surface area contributed by atoms with Crippen LogP contribution in [0.15, 0.2) is 73.1 Å². The van der Waals surface area contributed by atoms with E-state index in [2.05, 4.69) is 17.2 Å². The maximum absolute atomic E-state index is 12.1. The summed E-state index contributed by atoms with van der Waals surface area (Å²) < 4.78 is 0. The molecule has 0 fully saturated rings. The quantitative estimate of drug-likeness (QED) is 0.198. The number of benzene rings is 2. The molecule has 3 aromatic rings. The van der Waals surface area contributed by atoms with Crippen molar-refractivity contribution in [3.05, 3.63) is 94.8 Å². The number of hydrogen-bond acceptors (Lipinski definition) is 5. The Morgan fingerprint density at radius 1 is 1.10 bits per heavy atom. The Bertz CT molecular complexity index is 889. The van der Waals surface area contributed by atoms with Crippen LogP contribution in [-0.2, 0) is 6.54 Å². The minimum absolute atomic E-state index is 0.0882. The zero-order valence-electron chi connectivity index (χ0n) is 16.5. The fourth-order valence-corrected chi connectivity index (χ4v) is 2.40. The highest BCUT2D eigenvalue weighted by molar-refractivity contribution is 7.78. The van der Waals surface area contributed by atoms with Crippen molar-refractivity contribution in [2.75, 3.05) is 5.73 Å². The number of para-hydroxylation sites is 1. The monoisotopic (exact) mass is 428 g/mol. The molecule has 29 heavy (non-hydrogen) atoms. The second-order valence-corrected chi connectivity index (χ2v) is 6.21. The number of nitrogens with two attached hydrogens (primary N) is 2. The van der Waals surface area contributed by atoms with Crippen LogP contribution in [0.2, 0.25) is 5.02 Å². The van der Waals surface area contributed by atoms with E-state index in [1.165, 1.54) is 10.5 Å². The predicted molar refractivity (Wildman–Crippen MR) is 125 cm³/mol. The molecule has 0 atom stereocenters. The summed E-state index contributed by atoms with van der Waals surface area (Å²) in [6.45, 7) is 4.61. The fraction of sp³-hybridized carbons (Fsp3) is 0.136. The van der Waals surface area contributed by atoms with Crippen molar-refractivity contribution >= 4 is 40.8 Å². The number of ketones is 1. The van der Waals surface area contributed by atoms with Crippen LogP contribution in [0.3, 0.4) is 0 Å². The molecule has 1 aromatic heterocycles. The number of thiocarbonyl (C=S) groups is 1. The topological polar surface area (TPSA) is 85.2 Å². The van der Waals surface area contributed by atoms with Gasteiger partial charge in [0.2, 0.25) is 0 Å². The van der Waals surface area contributed by atoms with Crippen molar-refractivity contribution in [3.63, 3.8) is 0 Å². The molecule has 0 saturated carbocycles. The molecular formula is C22H25ClN4OS. The Hall–Kier alpha value is -2.80. The van der Waals surface area contributed by atoms with E-state index in [1.54, 1.807) is 60.9 Å². The van der Waals surface area contributed by atoms with Crippen molar-refractivity contribution < 1.29 is 4.79 Å². The average Bonchev–Trinajstić information content (AvgIpc) is 2.76. The molecule has 0 spiro atoms. The Balaban J connectivity index is 0.000000284. The molecule has 0 saturated heterocycles. The van der Waals surface area contributed by atoms with Gasteiger partial charge in [-0.25, -0.2) is 5.84 Å². The summed E-state index contributed by atoms with van der Waals surface area (Å²) in [7, 11) is 0. The van der Waals surface area contributed by atoms with Crippen LogP contribution in [0.1, 0.15) is 35.3 Å². The number of carbonyl (C=O) groups excluding carboxylic acids is 1. The fourth-order valence-electron chi connectivity index (χ4n) is 2.20. The molecule has 0 unspecified atom stereocenters. The van der Waals surface area contributed by atoms with Crippen LogP contribution in [0.5, 0.6) is 0 Å². The van der Waals surface area contributed by atoms with E-state index in [1.807, 2.05) is 26.0 Å². The van der Waals surface area contributed by atoms with E-state index >= 15 is 0 Å². The molecule has 0 amide bonds. The van der Waals surface area contributed by atoms with E-state index < -0.39 is 0 Å². The largest absolute Gasteiger partial charge is 0.398 e. The zero-order valence-corrected chi connectivity index (χ0v) is 18.0. The minimum Gasteiger partial charge on any atom is -0.398 e. The highest BCUT2D eigenvalue weighted by atomic mass is 35.5. The summed E-state index contributed by atoms with van der Waals surface area (Å²) in [5, 5.41) is 2.05. The van der Waals surface area contributed by atoms with Gasteiger partial charge >= 0.3 is 0 Å². The first-order valence-corrected chi connectivity index (χ1v) is 9.86. The van der Waals surface area contributed by atoms with Crippen molar-refractivity contribution in [1.29, 1.82) is 0 Å². The molecule has 0 bridgehead atoms. The van der Waals surface area contributed by atoms with Gasteiger partial charge < -0.3 is 10.7 Å². The first kappa shape index (κ1) is 24.2. The highest BCUT2D eigenvalue weighted by Crippen LogP contribution is 2.17. The van der Waals surface area contributed by atoms with Crippen molar-refractivity contribution in [2.24, 2.45) is 5.84 Å². The third-order valence-corrected chi connectivity index (χ3v) is 4.06. The van der Waals surface area contributed by atoms with Crippen molar-refractivity contribution in [2.45, 2.75) is 20.4 Å². The summed E-state index contributed by atoms with van der Waals surface area (Å²) in [4.78, 5) is 16.0. The number of nitrogen functional groups attached to an aromatic ring is 1. The highest BCUT2D eigenvalue weighted by Gasteiger charge is 2.11. The predicted octanol–water partition coefficient (Wildman–Crippen LogP) is 4.89. The van der Waals surface area contributed by atoms with Crippen LogP contribution >= 0.6 is 23.8 Å². The maximum atomic E-state index is 12.1. The van der Waals surface area contributed by atoms with Gasteiger partial charge in [0.15, 0.2) is 5.78 Å². The maximum Gasteiger partial charge on any atom is 0.195 e. The van der Waals surface area contributed by atoms with Crippen LogP contribution < -0.4 is 11.6 Å². The number of halogens is 1.